The molecule has 4 aromatic rings. The highest BCUT2D eigenvalue weighted by Crippen LogP contribution is 2.39. The maximum Gasteiger partial charge on any atom is 0.190 e. The van der Waals surface area contributed by atoms with E-state index in [-0.39, 0.29) is 5.78 Å². The van der Waals surface area contributed by atoms with Crippen LogP contribution >= 0.6 is 0 Å². The maximum absolute atomic E-state index is 12.5. The molecule has 0 N–H and O–H groups in total. The monoisotopic (exact) mass is 450 g/mol. The van der Waals surface area contributed by atoms with Crippen molar-refractivity contribution in [1.29, 1.82) is 0 Å². The number of ether oxygens (including phenoxy) is 3. The van der Waals surface area contributed by atoms with Crippen molar-refractivity contribution in [2.75, 3.05) is 20.8 Å². The van der Waals surface area contributed by atoms with Gasteiger partial charge in [-0.25, -0.2) is 0 Å². The van der Waals surface area contributed by atoms with Gasteiger partial charge in [0.1, 0.15) is 34.9 Å². The van der Waals surface area contributed by atoms with Gasteiger partial charge in [-0.15, -0.1) is 0 Å². The number of hydrogen-bond acceptors (Lipinski definition) is 5. The first-order chi connectivity index (χ1) is 16.6. The number of hydrogen-bond donors (Lipinski definition) is 0. The standard InChI is InChI=1S/C29H22O5/c1-31-21-10-6-19(7-11-21)29(20-8-12-22(32-2)13-9-20)16-18-14-27-23(15-26(18)33-17-29)28-24(30)4-3-5-25(28)34-27/h3-16H,17H2,1-2H3. The molecule has 2 aliphatic rings. The summed E-state index contributed by atoms with van der Waals surface area (Å²) < 4.78 is 23.2. The minimum absolute atomic E-state index is 0.0539. The molecular weight excluding hydrogens is 428 g/mol. The van der Waals surface area contributed by atoms with Crippen LogP contribution in [0.2, 0.25) is 0 Å². The van der Waals surface area contributed by atoms with Crippen LogP contribution in [0.1, 0.15) is 21.5 Å². The Morgan fingerprint density at radius 1 is 0.882 bits per heavy atom. The number of rotatable bonds is 4. The Balaban J connectivity index is 1.59. The van der Waals surface area contributed by atoms with E-state index in [1.165, 1.54) is 0 Å². The van der Waals surface area contributed by atoms with Crippen LogP contribution in [0.4, 0.5) is 0 Å². The number of ketones is 1. The number of furan rings is 1. The van der Waals surface area contributed by atoms with Gasteiger partial charge in [0.05, 0.1) is 25.2 Å². The summed E-state index contributed by atoms with van der Waals surface area (Å²) in [5.74, 6) is 2.27. The van der Waals surface area contributed by atoms with Crippen molar-refractivity contribution in [3.63, 3.8) is 0 Å². The van der Waals surface area contributed by atoms with Crippen molar-refractivity contribution in [3.05, 3.63) is 100 Å². The summed E-state index contributed by atoms with van der Waals surface area (Å²) in [7, 11) is 3.32. The Labute approximate surface area is 196 Å². The van der Waals surface area contributed by atoms with E-state index < -0.39 is 5.41 Å². The van der Waals surface area contributed by atoms with Gasteiger partial charge < -0.3 is 18.6 Å². The molecular formula is C29H22O5. The van der Waals surface area contributed by atoms with Crippen molar-refractivity contribution in [3.8, 4) is 17.2 Å². The Kier molecular flexibility index (Phi) is 4.59. The number of carbonyl (C=O) groups excluding carboxylic acids is 1. The molecule has 3 aromatic carbocycles. The highest BCUT2D eigenvalue weighted by Gasteiger charge is 2.36. The molecule has 1 aromatic heterocycles. The average molecular weight is 450 g/mol. The van der Waals surface area contributed by atoms with E-state index in [2.05, 4.69) is 30.3 Å². The van der Waals surface area contributed by atoms with E-state index in [0.717, 1.165) is 39.0 Å². The molecule has 0 spiro atoms. The SMILES string of the molecule is COc1ccc(C2(c3ccc(OC)cc3)C=c3cc4oc5c(c4cc3OC2)C(=O)C=CC=5)cc1. The van der Waals surface area contributed by atoms with Gasteiger partial charge in [0.15, 0.2) is 5.78 Å². The van der Waals surface area contributed by atoms with Crippen molar-refractivity contribution in [2.24, 2.45) is 0 Å². The number of carbonyl (C=O) groups is 1. The highest BCUT2D eigenvalue weighted by atomic mass is 16.5. The van der Waals surface area contributed by atoms with E-state index in [0.29, 0.717) is 23.2 Å². The van der Waals surface area contributed by atoms with E-state index in [1.54, 1.807) is 26.4 Å². The highest BCUT2D eigenvalue weighted by molar-refractivity contribution is 6.14. The van der Waals surface area contributed by atoms with Gasteiger partial charge in [-0.1, -0.05) is 36.4 Å². The normalized spacial score (nSPS) is 15.5. The summed E-state index contributed by atoms with van der Waals surface area (Å²) in [4.78, 5) is 12.5. The van der Waals surface area contributed by atoms with Crippen molar-refractivity contribution >= 4 is 28.9 Å². The van der Waals surface area contributed by atoms with E-state index in [9.17, 15) is 4.79 Å². The molecule has 5 heteroatoms. The first kappa shape index (κ1) is 20.4. The summed E-state index contributed by atoms with van der Waals surface area (Å²) in [5, 5.41) is 1.69. The predicted molar refractivity (Wildman–Crippen MR) is 130 cm³/mol. The lowest BCUT2D eigenvalue weighted by Crippen LogP contribution is -2.38. The summed E-state index contributed by atoms with van der Waals surface area (Å²) in [5.41, 5.74) is 3.46. The predicted octanol–water partition coefficient (Wildman–Crippen LogP) is 4.14. The fourth-order valence-corrected chi connectivity index (χ4v) is 4.85. The van der Waals surface area contributed by atoms with Crippen LogP contribution in [0, 0.1) is 0 Å². The molecule has 5 nitrogen and oxygen atoms in total. The Hall–Kier alpha value is -4.25. The van der Waals surface area contributed by atoms with Gasteiger partial charge in [0.25, 0.3) is 0 Å². The molecule has 0 fully saturated rings. The zero-order valence-electron chi connectivity index (χ0n) is 18.8. The molecule has 0 unspecified atom stereocenters. The Bertz CT molecular complexity index is 1520. The summed E-state index contributed by atoms with van der Waals surface area (Å²) >= 11 is 0. The second-order valence-electron chi connectivity index (χ2n) is 8.48. The first-order valence-electron chi connectivity index (χ1n) is 11.1. The first-order valence-corrected chi connectivity index (χ1v) is 11.1. The van der Waals surface area contributed by atoms with Gasteiger partial charge in [-0.3, -0.25) is 4.79 Å². The molecule has 0 saturated heterocycles. The van der Waals surface area contributed by atoms with Gasteiger partial charge in [0.2, 0.25) is 0 Å². The molecule has 0 bridgehead atoms. The number of allylic oxidation sites excluding steroid dienone is 2. The zero-order chi connectivity index (χ0) is 23.3. The molecule has 1 aliphatic carbocycles. The minimum Gasteiger partial charge on any atom is -0.497 e. The van der Waals surface area contributed by atoms with E-state index >= 15 is 0 Å². The molecule has 0 atom stereocenters. The number of fused-ring (bicyclic) bond motifs is 4. The molecule has 0 radical (unpaired) electrons. The van der Waals surface area contributed by atoms with Crippen molar-refractivity contribution in [1.82, 2.24) is 0 Å². The van der Waals surface area contributed by atoms with Gasteiger partial charge >= 0.3 is 0 Å². The van der Waals surface area contributed by atoms with E-state index in [1.807, 2.05) is 42.5 Å². The molecule has 1 aliphatic heterocycles. The summed E-state index contributed by atoms with van der Waals surface area (Å²) in [6.07, 6.45) is 7.32. The van der Waals surface area contributed by atoms with Crippen LogP contribution in [0.25, 0.3) is 23.1 Å². The smallest absolute Gasteiger partial charge is 0.190 e. The molecule has 168 valence electrons. The Morgan fingerprint density at radius 3 is 2.15 bits per heavy atom. The second kappa shape index (κ2) is 7.66. The lowest BCUT2D eigenvalue weighted by Gasteiger charge is -2.35. The van der Waals surface area contributed by atoms with Crippen molar-refractivity contribution in [2.45, 2.75) is 5.41 Å². The third kappa shape index (κ3) is 3.05. The van der Waals surface area contributed by atoms with Crippen LogP contribution in [0.15, 0.2) is 77.2 Å². The Morgan fingerprint density at radius 2 is 1.53 bits per heavy atom. The maximum atomic E-state index is 12.5. The van der Waals surface area contributed by atoms with Crippen molar-refractivity contribution < 1.29 is 23.4 Å². The van der Waals surface area contributed by atoms with E-state index in [4.69, 9.17) is 18.6 Å². The van der Waals surface area contributed by atoms with Crippen LogP contribution in [-0.4, -0.2) is 26.6 Å². The van der Waals surface area contributed by atoms with Crippen LogP contribution in [0.3, 0.4) is 0 Å². The van der Waals surface area contributed by atoms with Crippen LogP contribution < -0.4 is 24.8 Å². The lowest BCUT2D eigenvalue weighted by atomic mass is 9.73. The molecule has 6 rings (SSSR count). The number of methoxy groups -OCH3 is 2. The van der Waals surface area contributed by atoms with Crippen LogP contribution in [0.5, 0.6) is 17.2 Å². The zero-order valence-corrected chi connectivity index (χ0v) is 18.8. The minimum atomic E-state index is -0.533. The fourth-order valence-electron chi connectivity index (χ4n) is 4.85. The third-order valence-electron chi connectivity index (χ3n) is 6.66. The quantitative estimate of drug-likeness (QED) is 0.468. The topological polar surface area (TPSA) is 57.9 Å². The molecule has 0 amide bonds. The molecule has 2 heterocycles. The lowest BCUT2D eigenvalue weighted by molar-refractivity contribution is 0.104. The average Bonchev–Trinajstić information content (AvgIpc) is 3.25. The molecule has 34 heavy (non-hydrogen) atoms. The van der Waals surface area contributed by atoms with Gasteiger partial charge in [-0.05, 0) is 59.7 Å². The molecule has 0 saturated carbocycles. The number of benzene rings is 3. The fraction of sp³-hybridized carbons (Fsp3) is 0.138. The van der Waals surface area contributed by atoms with Crippen LogP contribution in [-0.2, 0) is 5.41 Å². The van der Waals surface area contributed by atoms with Gasteiger partial charge in [0, 0.05) is 10.6 Å². The van der Waals surface area contributed by atoms with Gasteiger partial charge in [-0.2, -0.15) is 0 Å². The summed E-state index contributed by atoms with van der Waals surface area (Å²) in [6.45, 7) is 0.407. The largest absolute Gasteiger partial charge is 0.497 e. The second-order valence-corrected chi connectivity index (χ2v) is 8.48. The summed E-state index contributed by atoms with van der Waals surface area (Å²) in [6, 6.07) is 20.0. The third-order valence-corrected chi connectivity index (χ3v) is 6.66.